The van der Waals surface area contributed by atoms with Gasteiger partial charge in [0, 0.05) is 9.77 Å². The summed E-state index contributed by atoms with van der Waals surface area (Å²) in [6, 6.07) is 0. The van der Waals surface area contributed by atoms with E-state index in [9.17, 15) is 22.4 Å². The molecule has 0 saturated heterocycles. The molecule has 1 heterocycles. The van der Waals surface area contributed by atoms with Gasteiger partial charge in [-0.1, -0.05) is 0 Å². The number of halogens is 5. The predicted octanol–water partition coefficient (Wildman–Crippen LogP) is 3.23. The highest BCUT2D eigenvalue weighted by atomic mass is 127. The minimum absolute atomic E-state index is 0.0123. The molecule has 0 aliphatic rings. The number of carbonyl (C=O) groups is 1. The third kappa shape index (κ3) is 4.18. The predicted molar refractivity (Wildman–Crippen MR) is 64.4 cm³/mol. The Kier molecular flexibility index (Phi) is 5.32. The average molecular weight is 393 g/mol. The van der Waals surface area contributed by atoms with Gasteiger partial charge in [0.25, 0.3) is 0 Å². The quantitative estimate of drug-likeness (QED) is 0.448. The van der Waals surface area contributed by atoms with Gasteiger partial charge in [-0.3, -0.25) is 0 Å². The number of aromatic nitrogens is 1. The first-order chi connectivity index (χ1) is 8.80. The van der Waals surface area contributed by atoms with E-state index < -0.39 is 30.4 Å². The van der Waals surface area contributed by atoms with E-state index in [2.05, 4.69) is 14.5 Å². The van der Waals surface area contributed by atoms with Crippen LogP contribution in [-0.4, -0.2) is 23.9 Å². The number of hydrogen-bond donors (Lipinski definition) is 0. The number of pyridine rings is 1. The fraction of sp³-hybridized carbons (Fsp3) is 0.400. The summed E-state index contributed by atoms with van der Waals surface area (Å²) in [4.78, 5) is 14.9. The summed E-state index contributed by atoms with van der Waals surface area (Å²) in [5.74, 6) is -1.91. The molecule has 0 bridgehead atoms. The molecule has 0 aromatic carbocycles. The first-order valence-corrected chi connectivity index (χ1v) is 6.04. The third-order valence-electron chi connectivity index (χ3n) is 1.92. The Morgan fingerprint density at radius 3 is 2.58 bits per heavy atom. The highest BCUT2D eigenvalue weighted by Crippen LogP contribution is 2.30. The van der Waals surface area contributed by atoms with Gasteiger partial charge >= 0.3 is 12.3 Å². The lowest BCUT2D eigenvalue weighted by Gasteiger charge is -2.14. The zero-order chi connectivity index (χ0) is 14.6. The van der Waals surface area contributed by atoms with Crippen LogP contribution in [-0.2, 0) is 11.4 Å². The number of carbonyl (C=O) groups excluding carboxylic acids is 1. The first kappa shape index (κ1) is 15.9. The Labute approximate surface area is 119 Å². The van der Waals surface area contributed by atoms with Crippen molar-refractivity contribution in [3.63, 3.8) is 0 Å². The van der Waals surface area contributed by atoms with Crippen LogP contribution in [0.15, 0.2) is 6.20 Å². The van der Waals surface area contributed by atoms with Crippen molar-refractivity contribution in [2.24, 2.45) is 0 Å². The van der Waals surface area contributed by atoms with Crippen LogP contribution in [0.25, 0.3) is 0 Å². The van der Waals surface area contributed by atoms with Crippen LogP contribution < -0.4 is 4.74 Å². The molecule has 9 heteroatoms. The maximum atomic E-state index is 12.9. The second-order valence-corrected chi connectivity index (χ2v) is 4.33. The molecule has 106 valence electrons. The van der Waals surface area contributed by atoms with E-state index in [-0.39, 0.29) is 15.7 Å². The molecule has 0 aliphatic heterocycles. The molecular formula is C10H8F4INO3. The van der Waals surface area contributed by atoms with Crippen molar-refractivity contribution in [1.82, 2.24) is 4.98 Å². The molecule has 0 unspecified atom stereocenters. The van der Waals surface area contributed by atoms with Crippen LogP contribution >= 0.6 is 22.6 Å². The van der Waals surface area contributed by atoms with Crippen molar-refractivity contribution in [2.75, 3.05) is 6.61 Å². The van der Waals surface area contributed by atoms with Crippen LogP contribution in [0.3, 0.4) is 0 Å². The standard InChI is InChI=1S/C10H8F4INO3/c1-2-18-9(17)7-5(3-11)8(16-4-6(7)15)19-10(12,13)14/h4H,2-3H2,1H3. The summed E-state index contributed by atoms with van der Waals surface area (Å²) in [7, 11) is 0. The van der Waals surface area contributed by atoms with E-state index in [4.69, 9.17) is 0 Å². The van der Waals surface area contributed by atoms with Gasteiger partial charge in [0.05, 0.1) is 17.7 Å². The van der Waals surface area contributed by atoms with E-state index in [0.29, 0.717) is 0 Å². The van der Waals surface area contributed by atoms with Crippen molar-refractivity contribution in [1.29, 1.82) is 0 Å². The van der Waals surface area contributed by atoms with Gasteiger partial charge in [-0.05, 0) is 29.5 Å². The van der Waals surface area contributed by atoms with Crippen molar-refractivity contribution in [2.45, 2.75) is 20.0 Å². The smallest absolute Gasteiger partial charge is 0.462 e. The lowest BCUT2D eigenvalue weighted by molar-refractivity contribution is -0.276. The Bertz CT molecular complexity index is 479. The summed E-state index contributed by atoms with van der Waals surface area (Å²) in [5.41, 5.74) is -0.887. The fourth-order valence-electron chi connectivity index (χ4n) is 1.25. The third-order valence-corrected chi connectivity index (χ3v) is 2.74. The number of esters is 1. The second-order valence-electron chi connectivity index (χ2n) is 3.17. The average Bonchev–Trinajstić information content (AvgIpc) is 2.29. The van der Waals surface area contributed by atoms with Crippen LogP contribution in [0.5, 0.6) is 5.88 Å². The Morgan fingerprint density at radius 2 is 2.11 bits per heavy atom. The topological polar surface area (TPSA) is 48.4 Å². The highest BCUT2D eigenvalue weighted by molar-refractivity contribution is 14.1. The molecule has 0 radical (unpaired) electrons. The number of hydrogen-bond acceptors (Lipinski definition) is 4. The maximum absolute atomic E-state index is 12.9. The molecule has 0 atom stereocenters. The second kappa shape index (κ2) is 6.35. The van der Waals surface area contributed by atoms with Gasteiger partial charge < -0.3 is 9.47 Å². The number of rotatable bonds is 4. The molecule has 0 amide bonds. The molecule has 0 spiro atoms. The Balaban J connectivity index is 3.29. The van der Waals surface area contributed by atoms with Gasteiger partial charge in [0.15, 0.2) is 0 Å². The van der Waals surface area contributed by atoms with Gasteiger partial charge in [-0.15, -0.1) is 13.2 Å². The van der Waals surface area contributed by atoms with Gasteiger partial charge in [0.1, 0.15) is 6.67 Å². The van der Waals surface area contributed by atoms with Crippen molar-refractivity contribution in [3.05, 3.63) is 20.9 Å². The van der Waals surface area contributed by atoms with E-state index in [1.807, 2.05) is 0 Å². The number of alkyl halides is 4. The van der Waals surface area contributed by atoms with E-state index in [1.54, 1.807) is 22.6 Å². The largest absolute Gasteiger partial charge is 0.574 e. The molecule has 0 aliphatic carbocycles. The Morgan fingerprint density at radius 1 is 1.47 bits per heavy atom. The molecule has 0 fully saturated rings. The lowest BCUT2D eigenvalue weighted by Crippen LogP contribution is -2.21. The molecule has 1 aromatic heterocycles. The van der Waals surface area contributed by atoms with E-state index >= 15 is 0 Å². The number of ether oxygens (including phenoxy) is 2. The molecule has 0 saturated carbocycles. The highest BCUT2D eigenvalue weighted by Gasteiger charge is 2.34. The van der Waals surface area contributed by atoms with Crippen molar-refractivity contribution in [3.8, 4) is 5.88 Å². The molecule has 4 nitrogen and oxygen atoms in total. The summed E-state index contributed by atoms with van der Waals surface area (Å²) in [5, 5.41) is 0. The first-order valence-electron chi connectivity index (χ1n) is 4.96. The van der Waals surface area contributed by atoms with Crippen LogP contribution in [0.2, 0.25) is 0 Å². The lowest BCUT2D eigenvalue weighted by atomic mass is 10.1. The Hall–Kier alpha value is -1.13. The molecular weight excluding hydrogens is 385 g/mol. The van der Waals surface area contributed by atoms with Gasteiger partial charge in [0.2, 0.25) is 5.88 Å². The van der Waals surface area contributed by atoms with Crippen LogP contribution in [0, 0.1) is 3.57 Å². The number of nitrogens with zero attached hydrogens (tertiary/aromatic N) is 1. The van der Waals surface area contributed by atoms with Crippen LogP contribution in [0.4, 0.5) is 17.6 Å². The van der Waals surface area contributed by atoms with Crippen LogP contribution in [0.1, 0.15) is 22.8 Å². The summed E-state index contributed by atoms with van der Waals surface area (Å²) < 4.78 is 57.7. The minimum Gasteiger partial charge on any atom is -0.462 e. The zero-order valence-corrected chi connectivity index (χ0v) is 11.7. The normalized spacial score (nSPS) is 11.3. The van der Waals surface area contributed by atoms with E-state index in [0.717, 1.165) is 6.20 Å². The minimum atomic E-state index is -5.02. The zero-order valence-electron chi connectivity index (χ0n) is 9.55. The van der Waals surface area contributed by atoms with Gasteiger partial charge in [-0.2, -0.15) is 0 Å². The van der Waals surface area contributed by atoms with E-state index in [1.165, 1.54) is 6.92 Å². The monoisotopic (exact) mass is 393 g/mol. The fourth-order valence-corrected chi connectivity index (χ4v) is 1.94. The summed E-state index contributed by atoms with van der Waals surface area (Å²) >= 11 is 1.65. The summed E-state index contributed by atoms with van der Waals surface area (Å²) in [6.45, 7) is 0.204. The molecule has 1 rings (SSSR count). The van der Waals surface area contributed by atoms with Gasteiger partial charge in [-0.25, -0.2) is 14.2 Å². The molecule has 1 aromatic rings. The summed E-state index contributed by atoms with van der Waals surface area (Å²) in [6.07, 6.45) is -4.04. The van der Waals surface area contributed by atoms with Crippen molar-refractivity contribution < 1.29 is 31.8 Å². The SMILES string of the molecule is CCOC(=O)c1c(I)cnc(OC(F)(F)F)c1CF. The van der Waals surface area contributed by atoms with Crippen molar-refractivity contribution >= 4 is 28.6 Å². The molecule has 19 heavy (non-hydrogen) atoms. The maximum Gasteiger partial charge on any atom is 0.574 e. The molecule has 0 N–H and O–H groups in total.